The van der Waals surface area contributed by atoms with E-state index in [2.05, 4.69) is 25.5 Å². The molecular formula is C46H49FN8O6. The maximum absolute atomic E-state index is 15.0. The van der Waals surface area contributed by atoms with E-state index in [9.17, 15) is 28.4 Å². The summed E-state index contributed by atoms with van der Waals surface area (Å²) in [6.07, 6.45) is 6.18. The lowest BCUT2D eigenvalue weighted by molar-refractivity contribution is -0.142. The second kappa shape index (κ2) is 17.4. The first-order chi connectivity index (χ1) is 29.6. The lowest BCUT2D eigenvalue weighted by Crippen LogP contribution is -2.50. The highest BCUT2D eigenvalue weighted by atomic mass is 19.1. The van der Waals surface area contributed by atoms with Crippen LogP contribution in [0.2, 0.25) is 0 Å². The number of hydrogen-bond donors (Lipinski definition) is 2. The molecule has 61 heavy (non-hydrogen) atoms. The van der Waals surface area contributed by atoms with Crippen molar-refractivity contribution in [3.63, 3.8) is 0 Å². The molecule has 0 saturated carbocycles. The molecule has 0 bridgehead atoms. The van der Waals surface area contributed by atoms with Crippen LogP contribution < -0.4 is 16.4 Å². The summed E-state index contributed by atoms with van der Waals surface area (Å²) in [4.78, 5) is 78.2. The molecule has 4 saturated heterocycles. The molecule has 4 aliphatic heterocycles. The molecule has 316 valence electrons. The van der Waals surface area contributed by atoms with Crippen LogP contribution in [0.25, 0.3) is 33.5 Å². The van der Waals surface area contributed by atoms with Crippen LogP contribution in [0.4, 0.5) is 10.3 Å². The predicted octanol–water partition coefficient (Wildman–Crippen LogP) is 5.36. The fourth-order valence-corrected chi connectivity index (χ4v) is 9.44. The van der Waals surface area contributed by atoms with Crippen molar-refractivity contribution in [1.29, 1.82) is 0 Å². The van der Waals surface area contributed by atoms with Gasteiger partial charge in [-0.2, -0.15) is 0 Å². The highest BCUT2D eigenvalue weighted by molar-refractivity contribution is 6.00. The summed E-state index contributed by atoms with van der Waals surface area (Å²) in [6, 6.07) is 22.2. The van der Waals surface area contributed by atoms with Crippen molar-refractivity contribution < 1.29 is 28.0 Å². The summed E-state index contributed by atoms with van der Waals surface area (Å²) >= 11 is 0. The number of amides is 4. The Hall–Kier alpha value is -6.22. The fourth-order valence-electron chi connectivity index (χ4n) is 9.44. The SMILES string of the molecule is O=C1CCC(n2c(=O)oc3cc(C4CCN(CC5CCN(C(=O)CN6CCC(Nc7ncc(F)c(-c8cccc(-c9ccccc9)c8)n7)CC6=O)CC5)CC4)ccc32)C(=O)N1. The third-order valence-electron chi connectivity index (χ3n) is 12.9. The van der Waals surface area contributed by atoms with Crippen molar-refractivity contribution in [2.24, 2.45) is 5.92 Å². The predicted molar refractivity (Wildman–Crippen MR) is 226 cm³/mol. The van der Waals surface area contributed by atoms with Crippen LogP contribution in [0.3, 0.4) is 0 Å². The first kappa shape index (κ1) is 40.2. The number of halogens is 1. The largest absolute Gasteiger partial charge is 0.420 e. The molecule has 0 radical (unpaired) electrons. The van der Waals surface area contributed by atoms with Gasteiger partial charge in [0.15, 0.2) is 11.4 Å². The van der Waals surface area contributed by atoms with Crippen LogP contribution in [0, 0.1) is 11.7 Å². The molecule has 0 aliphatic carbocycles. The first-order valence-electron chi connectivity index (χ1n) is 21.4. The van der Waals surface area contributed by atoms with Gasteiger partial charge in [-0.1, -0.05) is 54.6 Å². The van der Waals surface area contributed by atoms with Gasteiger partial charge in [0.25, 0.3) is 0 Å². The van der Waals surface area contributed by atoms with E-state index >= 15 is 0 Å². The number of likely N-dealkylation sites (tertiary alicyclic amines) is 3. The number of carbonyl (C=O) groups excluding carboxylic acids is 4. The number of aromatic nitrogens is 3. The zero-order chi connectivity index (χ0) is 42.0. The highest BCUT2D eigenvalue weighted by Crippen LogP contribution is 2.33. The minimum absolute atomic E-state index is 0.0245. The molecule has 4 aliphatic rings. The number of benzene rings is 3. The molecule has 0 spiro atoms. The lowest BCUT2D eigenvalue weighted by atomic mass is 9.88. The number of anilines is 1. The van der Waals surface area contributed by atoms with E-state index in [4.69, 9.17) is 4.42 Å². The van der Waals surface area contributed by atoms with Crippen molar-refractivity contribution in [1.82, 2.24) is 34.6 Å². The van der Waals surface area contributed by atoms with E-state index in [1.807, 2.05) is 77.7 Å². The highest BCUT2D eigenvalue weighted by Gasteiger charge is 2.33. The lowest BCUT2D eigenvalue weighted by Gasteiger charge is -2.38. The topological polar surface area (TPSA) is 163 Å². The molecule has 3 aromatic carbocycles. The molecule has 2 atom stereocenters. The minimum atomic E-state index is -0.765. The van der Waals surface area contributed by atoms with Gasteiger partial charge in [0.1, 0.15) is 11.7 Å². The Morgan fingerprint density at radius 3 is 2.38 bits per heavy atom. The van der Waals surface area contributed by atoms with Gasteiger partial charge in [-0.3, -0.25) is 29.1 Å². The van der Waals surface area contributed by atoms with Gasteiger partial charge in [-0.05, 0) is 98.3 Å². The fraction of sp³-hybridized carbons (Fsp3) is 0.413. The molecule has 2 aromatic heterocycles. The monoisotopic (exact) mass is 828 g/mol. The number of hydrogen-bond acceptors (Lipinski definition) is 10. The van der Waals surface area contributed by atoms with Crippen molar-refractivity contribution >= 4 is 40.7 Å². The summed E-state index contributed by atoms with van der Waals surface area (Å²) in [5.41, 5.74) is 4.91. The maximum atomic E-state index is 15.0. The Bertz CT molecular complexity index is 2510. The summed E-state index contributed by atoms with van der Waals surface area (Å²) < 4.78 is 21.9. The number of nitrogens with one attached hydrogen (secondary N) is 2. The Balaban J connectivity index is 0.713. The van der Waals surface area contributed by atoms with Crippen LogP contribution in [-0.4, -0.2) is 105 Å². The minimum Gasteiger partial charge on any atom is -0.408 e. The Morgan fingerprint density at radius 2 is 1.61 bits per heavy atom. The summed E-state index contributed by atoms with van der Waals surface area (Å²) in [7, 11) is 0. The number of imide groups is 1. The standard InChI is InChI=1S/C46H49FN8O6/c47-36-26-48-45(51-43(36)34-8-4-7-32(23-34)30-5-2-1-3-6-30)49-35-17-22-54(41(57)25-35)28-42(58)53-20-13-29(14-21-53)27-52-18-15-31(16-19-52)33-9-10-37-39(24-33)61-46(60)55(37)38-11-12-40(56)50-44(38)59/h1-10,23-24,26,29,31,35,38H,11-22,25,27-28H2,(H,48,49,51)(H,50,56,59). The molecule has 2 unspecified atom stereocenters. The summed E-state index contributed by atoms with van der Waals surface area (Å²) in [5, 5.41) is 5.55. The molecule has 2 N–H and O–H groups in total. The Morgan fingerprint density at radius 1 is 0.836 bits per heavy atom. The molecule has 9 rings (SSSR count). The van der Waals surface area contributed by atoms with Crippen molar-refractivity contribution in [2.45, 2.75) is 69.4 Å². The average molecular weight is 829 g/mol. The number of rotatable bonds is 10. The van der Waals surface area contributed by atoms with Gasteiger partial charge in [0.05, 0.1) is 18.3 Å². The van der Waals surface area contributed by atoms with E-state index in [-0.39, 0.29) is 61.2 Å². The zero-order valence-corrected chi connectivity index (χ0v) is 33.9. The molecule has 4 fully saturated rings. The number of carbonyl (C=O) groups is 4. The third kappa shape index (κ3) is 8.83. The quantitative estimate of drug-likeness (QED) is 0.176. The van der Waals surface area contributed by atoms with E-state index in [1.54, 1.807) is 4.90 Å². The normalized spacial score (nSPS) is 20.9. The third-order valence-corrected chi connectivity index (χ3v) is 12.9. The van der Waals surface area contributed by atoms with E-state index in [0.717, 1.165) is 68.2 Å². The summed E-state index contributed by atoms with van der Waals surface area (Å²) in [6.45, 7) is 4.73. The van der Waals surface area contributed by atoms with Gasteiger partial charge >= 0.3 is 5.76 Å². The van der Waals surface area contributed by atoms with Gasteiger partial charge in [-0.25, -0.2) is 19.2 Å². The molecule has 4 amide bonds. The molecule has 15 heteroatoms. The van der Waals surface area contributed by atoms with Crippen molar-refractivity contribution in [3.8, 4) is 22.4 Å². The molecule has 6 heterocycles. The van der Waals surface area contributed by atoms with E-state index in [0.29, 0.717) is 54.6 Å². The van der Waals surface area contributed by atoms with Crippen molar-refractivity contribution in [3.05, 3.63) is 101 Å². The van der Waals surface area contributed by atoms with Crippen LogP contribution in [0.5, 0.6) is 0 Å². The van der Waals surface area contributed by atoms with Crippen LogP contribution in [0.1, 0.15) is 68.9 Å². The average Bonchev–Trinajstić information content (AvgIpc) is 3.60. The van der Waals surface area contributed by atoms with Crippen LogP contribution in [0.15, 0.2) is 88.2 Å². The molecule has 14 nitrogen and oxygen atoms in total. The Labute approximate surface area is 352 Å². The van der Waals surface area contributed by atoms with Crippen LogP contribution in [-0.2, 0) is 19.2 Å². The first-order valence-corrected chi connectivity index (χ1v) is 21.4. The van der Waals surface area contributed by atoms with E-state index < -0.39 is 23.5 Å². The Kier molecular flexibility index (Phi) is 11.5. The summed E-state index contributed by atoms with van der Waals surface area (Å²) in [5.74, 6) is -1.00. The van der Waals surface area contributed by atoms with Gasteiger partial charge in [0.2, 0.25) is 29.6 Å². The maximum Gasteiger partial charge on any atom is 0.420 e. The van der Waals surface area contributed by atoms with Crippen molar-refractivity contribution in [2.75, 3.05) is 51.1 Å². The van der Waals surface area contributed by atoms with Gasteiger partial charge in [-0.15, -0.1) is 0 Å². The second-order valence-corrected chi connectivity index (χ2v) is 16.8. The zero-order valence-electron chi connectivity index (χ0n) is 33.9. The number of piperidine rings is 4. The number of oxazole rings is 1. The second-order valence-electron chi connectivity index (χ2n) is 16.8. The van der Waals surface area contributed by atoms with Gasteiger partial charge in [0, 0.05) is 50.6 Å². The van der Waals surface area contributed by atoms with Gasteiger partial charge < -0.3 is 24.4 Å². The smallest absolute Gasteiger partial charge is 0.408 e. The van der Waals surface area contributed by atoms with E-state index in [1.165, 1.54) is 4.57 Å². The van der Waals surface area contributed by atoms with Crippen LogP contribution >= 0.6 is 0 Å². The number of fused-ring (bicyclic) bond motifs is 1. The number of nitrogens with zero attached hydrogens (tertiary/aromatic N) is 6. The molecular weight excluding hydrogens is 780 g/mol. The molecule has 5 aromatic rings.